The molecule has 0 fully saturated rings. The highest BCUT2D eigenvalue weighted by molar-refractivity contribution is 5.11. The van der Waals surface area contributed by atoms with Crippen LogP contribution in [0.2, 0.25) is 0 Å². The molecule has 0 aromatic heterocycles. The highest BCUT2D eigenvalue weighted by atomic mass is 14.6. The summed E-state index contributed by atoms with van der Waals surface area (Å²) in [4.78, 5) is 0. The Kier molecular flexibility index (Phi) is 3.33. The van der Waals surface area contributed by atoms with Gasteiger partial charge in [0, 0.05) is 6.04 Å². The molecule has 0 saturated heterocycles. The Hall–Kier alpha value is -0.300. The quantitative estimate of drug-likeness (QED) is 0.629. The van der Waals surface area contributed by atoms with Gasteiger partial charge in [0.05, 0.1) is 0 Å². The van der Waals surface area contributed by atoms with Crippen LogP contribution in [0.5, 0.6) is 0 Å². The lowest BCUT2D eigenvalue weighted by Gasteiger charge is -2.24. The maximum Gasteiger partial charge on any atom is 0.0228 e. The topological polar surface area (TPSA) is 26.0 Å². The summed E-state index contributed by atoms with van der Waals surface area (Å²) < 4.78 is 0. The summed E-state index contributed by atoms with van der Waals surface area (Å²) in [6, 6.07) is 0.322. The molecule has 12 heavy (non-hydrogen) atoms. The molecule has 1 heteroatoms. The number of allylic oxidation sites excluding steroid dienone is 1. The van der Waals surface area contributed by atoms with Crippen LogP contribution < -0.4 is 5.73 Å². The average Bonchev–Trinajstić information content (AvgIpc) is 1.81. The minimum Gasteiger partial charge on any atom is -0.324 e. The third-order valence-corrected chi connectivity index (χ3v) is 2.41. The third-order valence-electron chi connectivity index (χ3n) is 2.41. The molecule has 1 rings (SSSR count). The van der Waals surface area contributed by atoms with Crippen LogP contribution in [0.4, 0.5) is 0 Å². The Bertz CT molecular complexity index is 170. The zero-order valence-corrected chi connectivity index (χ0v) is 8.51. The van der Waals surface area contributed by atoms with Crippen molar-refractivity contribution in [3.05, 3.63) is 11.6 Å². The van der Waals surface area contributed by atoms with Gasteiger partial charge in [-0.2, -0.15) is 0 Å². The van der Waals surface area contributed by atoms with Crippen LogP contribution in [0, 0.1) is 11.8 Å². The van der Waals surface area contributed by atoms with E-state index in [2.05, 4.69) is 26.8 Å². The minimum atomic E-state index is 0.322. The second-order valence-electron chi connectivity index (χ2n) is 4.63. The van der Waals surface area contributed by atoms with Gasteiger partial charge in [-0.05, 0) is 31.1 Å². The smallest absolute Gasteiger partial charge is 0.0228 e. The van der Waals surface area contributed by atoms with Gasteiger partial charge in [0.25, 0.3) is 0 Å². The van der Waals surface area contributed by atoms with E-state index in [0.717, 1.165) is 11.8 Å². The van der Waals surface area contributed by atoms with Gasteiger partial charge in [-0.25, -0.2) is 0 Å². The van der Waals surface area contributed by atoms with E-state index in [1.54, 1.807) is 5.57 Å². The Labute approximate surface area is 76.0 Å². The predicted octanol–water partition coefficient (Wildman–Crippen LogP) is 2.72. The molecule has 0 aliphatic heterocycles. The van der Waals surface area contributed by atoms with Crippen molar-refractivity contribution >= 4 is 0 Å². The van der Waals surface area contributed by atoms with E-state index in [9.17, 15) is 0 Å². The molecule has 0 spiro atoms. The van der Waals surface area contributed by atoms with Crippen LogP contribution in [-0.4, -0.2) is 6.04 Å². The first-order valence-electron chi connectivity index (χ1n) is 5.03. The summed E-state index contributed by atoms with van der Waals surface area (Å²) in [5, 5.41) is 0. The summed E-state index contributed by atoms with van der Waals surface area (Å²) in [5.74, 6) is 1.56. The van der Waals surface area contributed by atoms with Crippen molar-refractivity contribution in [2.75, 3.05) is 0 Å². The van der Waals surface area contributed by atoms with Crippen LogP contribution >= 0.6 is 0 Å². The van der Waals surface area contributed by atoms with E-state index < -0.39 is 0 Å². The Balaban J connectivity index is 2.51. The molecule has 2 N–H and O–H groups in total. The molecule has 2 atom stereocenters. The molecule has 1 aliphatic carbocycles. The second-order valence-corrected chi connectivity index (χ2v) is 4.63. The van der Waals surface area contributed by atoms with Gasteiger partial charge in [-0.1, -0.05) is 32.4 Å². The van der Waals surface area contributed by atoms with E-state index in [-0.39, 0.29) is 0 Å². The summed E-state index contributed by atoms with van der Waals surface area (Å²) in [7, 11) is 0. The van der Waals surface area contributed by atoms with Gasteiger partial charge in [-0.3, -0.25) is 0 Å². The monoisotopic (exact) mass is 167 g/mol. The van der Waals surface area contributed by atoms with Crippen molar-refractivity contribution in [2.45, 2.75) is 46.1 Å². The molecule has 0 saturated carbocycles. The fourth-order valence-corrected chi connectivity index (χ4v) is 2.11. The lowest BCUT2D eigenvalue weighted by atomic mass is 9.84. The van der Waals surface area contributed by atoms with Crippen molar-refractivity contribution in [1.82, 2.24) is 0 Å². The predicted molar refractivity (Wildman–Crippen MR) is 53.9 cm³/mol. The van der Waals surface area contributed by atoms with Crippen molar-refractivity contribution in [2.24, 2.45) is 17.6 Å². The van der Waals surface area contributed by atoms with Crippen molar-refractivity contribution in [3.8, 4) is 0 Å². The standard InChI is InChI=1S/C11H21N/c1-8(2)4-10-5-9(3)6-11(12)7-10/h7-9,11H,4-6,12H2,1-3H3. The maximum absolute atomic E-state index is 5.91. The number of nitrogens with two attached hydrogens (primary N) is 1. The van der Waals surface area contributed by atoms with Gasteiger partial charge >= 0.3 is 0 Å². The zero-order valence-electron chi connectivity index (χ0n) is 8.51. The fraction of sp³-hybridized carbons (Fsp3) is 0.818. The van der Waals surface area contributed by atoms with E-state index in [4.69, 9.17) is 5.73 Å². The normalized spacial score (nSPS) is 30.6. The lowest BCUT2D eigenvalue weighted by Crippen LogP contribution is -2.25. The maximum atomic E-state index is 5.91. The van der Waals surface area contributed by atoms with Gasteiger partial charge in [0.15, 0.2) is 0 Å². The molecule has 0 radical (unpaired) electrons. The highest BCUT2D eigenvalue weighted by Gasteiger charge is 2.16. The first kappa shape index (κ1) is 9.79. The molecule has 0 aromatic rings. The summed E-state index contributed by atoms with van der Waals surface area (Å²) in [5.41, 5.74) is 7.49. The molecule has 1 aliphatic rings. The molecule has 0 aromatic carbocycles. The Morgan fingerprint density at radius 3 is 2.75 bits per heavy atom. The molecular weight excluding hydrogens is 146 g/mol. The molecule has 1 nitrogen and oxygen atoms in total. The molecular formula is C11H21N. The van der Waals surface area contributed by atoms with Crippen molar-refractivity contribution in [1.29, 1.82) is 0 Å². The Morgan fingerprint density at radius 1 is 1.58 bits per heavy atom. The number of rotatable bonds is 2. The SMILES string of the molecule is CC(C)CC1=CC(N)CC(C)C1. The Morgan fingerprint density at radius 2 is 2.25 bits per heavy atom. The van der Waals surface area contributed by atoms with Gasteiger partial charge < -0.3 is 5.73 Å². The number of hydrogen-bond donors (Lipinski definition) is 1. The average molecular weight is 167 g/mol. The van der Waals surface area contributed by atoms with Gasteiger partial charge in [0.2, 0.25) is 0 Å². The molecule has 0 amide bonds. The minimum absolute atomic E-state index is 0.322. The number of hydrogen-bond acceptors (Lipinski definition) is 1. The van der Waals surface area contributed by atoms with Gasteiger partial charge in [0.1, 0.15) is 0 Å². The second kappa shape index (κ2) is 4.08. The fourth-order valence-electron chi connectivity index (χ4n) is 2.11. The first-order chi connectivity index (χ1) is 5.58. The van der Waals surface area contributed by atoms with E-state index in [0.29, 0.717) is 6.04 Å². The van der Waals surface area contributed by atoms with Crippen LogP contribution in [0.25, 0.3) is 0 Å². The summed E-state index contributed by atoms with van der Waals surface area (Å²) >= 11 is 0. The largest absolute Gasteiger partial charge is 0.324 e. The van der Waals surface area contributed by atoms with Crippen LogP contribution in [-0.2, 0) is 0 Å². The lowest BCUT2D eigenvalue weighted by molar-refractivity contribution is 0.451. The van der Waals surface area contributed by atoms with E-state index in [1.165, 1.54) is 19.3 Å². The molecule has 0 heterocycles. The van der Waals surface area contributed by atoms with E-state index >= 15 is 0 Å². The molecule has 0 bridgehead atoms. The van der Waals surface area contributed by atoms with Gasteiger partial charge in [-0.15, -0.1) is 0 Å². The van der Waals surface area contributed by atoms with Crippen LogP contribution in [0.3, 0.4) is 0 Å². The van der Waals surface area contributed by atoms with Crippen LogP contribution in [0.15, 0.2) is 11.6 Å². The summed E-state index contributed by atoms with van der Waals surface area (Å²) in [6.45, 7) is 6.84. The van der Waals surface area contributed by atoms with E-state index in [1.807, 2.05) is 0 Å². The molecule has 70 valence electrons. The molecule has 2 unspecified atom stereocenters. The van der Waals surface area contributed by atoms with Crippen LogP contribution in [0.1, 0.15) is 40.0 Å². The third kappa shape index (κ3) is 2.98. The van der Waals surface area contributed by atoms with Crippen molar-refractivity contribution < 1.29 is 0 Å². The van der Waals surface area contributed by atoms with Crippen molar-refractivity contribution in [3.63, 3.8) is 0 Å². The highest BCUT2D eigenvalue weighted by Crippen LogP contribution is 2.26. The summed E-state index contributed by atoms with van der Waals surface area (Å²) in [6.07, 6.45) is 5.95. The first-order valence-corrected chi connectivity index (χ1v) is 5.03. The zero-order chi connectivity index (χ0) is 9.14.